The minimum absolute atomic E-state index is 0.283. The fourth-order valence-corrected chi connectivity index (χ4v) is 4.05. The molecule has 1 amide bonds. The maximum atomic E-state index is 12.0. The molecule has 168 valence electrons. The van der Waals surface area contributed by atoms with Crippen molar-refractivity contribution in [3.05, 3.63) is 70.8 Å². The van der Waals surface area contributed by atoms with Crippen molar-refractivity contribution in [3.63, 3.8) is 0 Å². The van der Waals surface area contributed by atoms with Gasteiger partial charge in [0, 0.05) is 45.5 Å². The smallest absolute Gasteiger partial charge is 0.407 e. The number of amides is 1. The topological polar surface area (TPSA) is 85.2 Å². The van der Waals surface area contributed by atoms with Crippen LogP contribution in [0.15, 0.2) is 48.8 Å². The van der Waals surface area contributed by atoms with E-state index in [0.29, 0.717) is 23.9 Å². The lowest BCUT2D eigenvalue weighted by molar-refractivity contribution is 0.137. The van der Waals surface area contributed by atoms with Gasteiger partial charge in [0.15, 0.2) is 0 Å². The Balaban J connectivity index is 1.22. The summed E-state index contributed by atoms with van der Waals surface area (Å²) in [5.74, 6) is 2.15. The highest BCUT2D eigenvalue weighted by Crippen LogP contribution is 2.22. The van der Waals surface area contributed by atoms with Crippen molar-refractivity contribution >= 4 is 23.6 Å². The number of hydrogen-bond donors (Lipinski definition) is 1. The lowest BCUT2D eigenvalue weighted by atomic mass is 9.97. The molecule has 3 aromatic rings. The third-order valence-corrected chi connectivity index (χ3v) is 5.92. The van der Waals surface area contributed by atoms with Gasteiger partial charge in [0.05, 0.1) is 5.02 Å². The van der Waals surface area contributed by atoms with Crippen molar-refractivity contribution < 1.29 is 9.53 Å². The summed E-state index contributed by atoms with van der Waals surface area (Å²) in [5, 5.41) is 12.3. The molecule has 1 aromatic carbocycles. The van der Waals surface area contributed by atoms with Gasteiger partial charge in [-0.1, -0.05) is 41.9 Å². The normalized spacial score (nSPS) is 14.4. The molecule has 9 heteroatoms. The molecule has 4 rings (SSSR count). The monoisotopic (exact) mass is 454 g/mol. The second-order valence-corrected chi connectivity index (χ2v) is 8.47. The largest absolute Gasteiger partial charge is 0.445 e. The molecular weight excluding hydrogens is 428 g/mol. The molecule has 0 spiro atoms. The van der Waals surface area contributed by atoms with Crippen LogP contribution in [0.5, 0.6) is 0 Å². The van der Waals surface area contributed by atoms with Crippen LogP contribution in [0.2, 0.25) is 5.02 Å². The number of piperidine rings is 1. The first-order chi connectivity index (χ1) is 15.6. The van der Waals surface area contributed by atoms with Gasteiger partial charge in [-0.2, -0.15) is 0 Å². The lowest BCUT2D eigenvalue weighted by Gasteiger charge is -2.32. The van der Waals surface area contributed by atoms with E-state index in [9.17, 15) is 4.79 Å². The Hall–Kier alpha value is -3.13. The van der Waals surface area contributed by atoms with E-state index < -0.39 is 0 Å². The second kappa shape index (κ2) is 10.5. The van der Waals surface area contributed by atoms with Crippen molar-refractivity contribution in [1.82, 2.24) is 25.1 Å². The highest BCUT2D eigenvalue weighted by molar-refractivity contribution is 6.30. The first-order valence-electron chi connectivity index (χ1n) is 10.8. The number of hydrogen-bond acceptors (Lipinski definition) is 6. The number of ether oxygens (including phenoxy) is 1. The van der Waals surface area contributed by atoms with E-state index in [1.807, 2.05) is 48.0 Å². The molecular formula is C23H27ClN6O2. The molecule has 2 aromatic heterocycles. The number of anilines is 1. The van der Waals surface area contributed by atoms with Crippen molar-refractivity contribution in [2.45, 2.75) is 25.9 Å². The van der Waals surface area contributed by atoms with Crippen LogP contribution in [0, 0.1) is 5.92 Å². The summed E-state index contributed by atoms with van der Waals surface area (Å²) in [6.07, 6.45) is 5.62. The summed E-state index contributed by atoms with van der Waals surface area (Å²) in [7, 11) is 1.99. The number of pyridine rings is 1. The summed E-state index contributed by atoms with van der Waals surface area (Å²) < 4.78 is 7.32. The van der Waals surface area contributed by atoms with Gasteiger partial charge >= 0.3 is 6.09 Å². The van der Waals surface area contributed by atoms with Crippen LogP contribution in [-0.4, -0.2) is 45.5 Å². The van der Waals surface area contributed by atoms with E-state index in [0.717, 1.165) is 48.8 Å². The molecule has 1 aliphatic rings. The maximum Gasteiger partial charge on any atom is 0.407 e. The molecule has 1 fully saturated rings. The van der Waals surface area contributed by atoms with Gasteiger partial charge < -0.3 is 19.5 Å². The van der Waals surface area contributed by atoms with Crippen LogP contribution < -0.4 is 10.2 Å². The van der Waals surface area contributed by atoms with Crippen molar-refractivity contribution in [1.29, 1.82) is 0 Å². The van der Waals surface area contributed by atoms with Crippen LogP contribution in [0.25, 0.3) is 0 Å². The zero-order valence-corrected chi connectivity index (χ0v) is 18.8. The Morgan fingerprint density at radius 3 is 2.69 bits per heavy atom. The first-order valence-corrected chi connectivity index (χ1v) is 11.1. The average molecular weight is 455 g/mol. The van der Waals surface area contributed by atoms with Gasteiger partial charge in [0.25, 0.3) is 0 Å². The number of benzene rings is 1. The Morgan fingerprint density at radius 2 is 1.94 bits per heavy atom. The van der Waals surface area contributed by atoms with Gasteiger partial charge in [-0.15, -0.1) is 10.2 Å². The van der Waals surface area contributed by atoms with Crippen LogP contribution in [0.1, 0.15) is 29.8 Å². The van der Waals surface area contributed by atoms with Crippen molar-refractivity contribution in [2.24, 2.45) is 13.0 Å². The van der Waals surface area contributed by atoms with E-state index in [2.05, 4.69) is 25.4 Å². The van der Waals surface area contributed by atoms with E-state index in [1.54, 1.807) is 12.4 Å². The highest BCUT2D eigenvalue weighted by atomic mass is 35.5. The highest BCUT2D eigenvalue weighted by Gasteiger charge is 2.24. The third kappa shape index (κ3) is 5.76. The van der Waals surface area contributed by atoms with Gasteiger partial charge in [0.1, 0.15) is 12.4 Å². The summed E-state index contributed by atoms with van der Waals surface area (Å²) in [6.45, 7) is 2.64. The molecule has 1 N–H and O–H groups in total. The summed E-state index contributed by atoms with van der Waals surface area (Å²) in [4.78, 5) is 18.4. The number of nitrogens with zero attached hydrogens (tertiary/aromatic N) is 5. The zero-order chi connectivity index (χ0) is 22.3. The Morgan fingerprint density at radius 1 is 1.16 bits per heavy atom. The van der Waals surface area contributed by atoms with Gasteiger partial charge in [-0.25, -0.2) is 4.79 Å². The van der Waals surface area contributed by atoms with Crippen LogP contribution >= 0.6 is 11.6 Å². The average Bonchev–Trinajstić information content (AvgIpc) is 3.17. The third-order valence-electron chi connectivity index (χ3n) is 5.71. The van der Waals surface area contributed by atoms with Crippen molar-refractivity contribution in [2.75, 3.05) is 24.5 Å². The summed E-state index contributed by atoms with van der Waals surface area (Å²) in [6, 6.07) is 11.6. The number of nitrogens with one attached hydrogen (secondary N) is 1. The summed E-state index contributed by atoms with van der Waals surface area (Å²) >= 11 is 6.03. The number of halogens is 1. The second-order valence-electron chi connectivity index (χ2n) is 8.04. The Kier molecular flexibility index (Phi) is 7.21. The molecule has 0 bridgehead atoms. The molecule has 0 atom stereocenters. The lowest BCUT2D eigenvalue weighted by Crippen LogP contribution is -2.39. The fraction of sp³-hybridized carbons (Fsp3) is 0.391. The van der Waals surface area contributed by atoms with Crippen LogP contribution in [0.3, 0.4) is 0 Å². The predicted octanol–water partition coefficient (Wildman–Crippen LogP) is 3.60. The number of carbonyl (C=O) groups excluding carboxylic acids is 1. The molecule has 3 heterocycles. The maximum absolute atomic E-state index is 12.0. The molecule has 0 radical (unpaired) electrons. The number of alkyl carbamates (subject to hydrolysis) is 1. The first kappa shape index (κ1) is 22.1. The van der Waals surface area contributed by atoms with Gasteiger partial charge in [0.2, 0.25) is 5.95 Å². The standard InChI is InChI=1S/C23H27ClN6O2/c1-29-21(12-19-11-20(24)15-25-13-19)27-28-22(29)30-9-7-17(8-10-30)14-26-23(31)32-16-18-5-3-2-4-6-18/h2-6,11,13,15,17H,7-10,12,14,16H2,1H3,(H,26,31). The number of aromatic nitrogens is 4. The Labute approximate surface area is 192 Å². The van der Waals surface area contributed by atoms with Crippen molar-refractivity contribution in [3.8, 4) is 0 Å². The zero-order valence-electron chi connectivity index (χ0n) is 18.1. The minimum atomic E-state index is -0.371. The fourth-order valence-electron chi connectivity index (χ4n) is 3.86. The molecule has 1 aliphatic heterocycles. The van der Waals surface area contributed by atoms with E-state index in [-0.39, 0.29) is 12.7 Å². The van der Waals surface area contributed by atoms with E-state index >= 15 is 0 Å². The minimum Gasteiger partial charge on any atom is -0.445 e. The molecule has 8 nitrogen and oxygen atoms in total. The summed E-state index contributed by atoms with van der Waals surface area (Å²) in [5.41, 5.74) is 1.98. The molecule has 32 heavy (non-hydrogen) atoms. The van der Waals surface area contributed by atoms with Crippen LogP contribution in [0.4, 0.5) is 10.7 Å². The molecule has 0 unspecified atom stereocenters. The van der Waals surface area contributed by atoms with Gasteiger partial charge in [-0.05, 0) is 36.0 Å². The Bertz CT molecular complexity index is 1030. The SMILES string of the molecule is Cn1c(Cc2cncc(Cl)c2)nnc1N1CCC(CNC(=O)OCc2ccccc2)CC1. The van der Waals surface area contributed by atoms with E-state index in [4.69, 9.17) is 16.3 Å². The number of carbonyl (C=O) groups is 1. The molecule has 1 saturated heterocycles. The van der Waals surface area contributed by atoms with Crippen LogP contribution in [-0.2, 0) is 24.8 Å². The molecule has 0 aliphatic carbocycles. The molecule has 0 saturated carbocycles. The van der Waals surface area contributed by atoms with Gasteiger partial charge in [-0.3, -0.25) is 4.98 Å². The quantitative estimate of drug-likeness (QED) is 0.587. The number of rotatable bonds is 7. The predicted molar refractivity (Wildman–Crippen MR) is 123 cm³/mol. The van der Waals surface area contributed by atoms with E-state index in [1.165, 1.54) is 0 Å².